The lowest BCUT2D eigenvalue weighted by Gasteiger charge is -2.19. The predicted octanol–water partition coefficient (Wildman–Crippen LogP) is 2.95. The third-order valence-corrected chi connectivity index (χ3v) is 5.26. The van der Waals surface area contributed by atoms with Crippen molar-refractivity contribution in [2.75, 3.05) is 14.2 Å². The van der Waals surface area contributed by atoms with Crippen molar-refractivity contribution in [1.82, 2.24) is 9.03 Å². The Morgan fingerprint density at radius 3 is 2.62 bits per heavy atom. The van der Waals surface area contributed by atoms with E-state index in [0.29, 0.717) is 5.75 Å². The van der Waals surface area contributed by atoms with Crippen LogP contribution in [0.4, 0.5) is 4.39 Å². The maximum absolute atomic E-state index is 13.8. The molecule has 0 bridgehead atoms. The average Bonchev–Trinajstić information content (AvgIpc) is 2.56. The minimum Gasteiger partial charge on any atom is -0.497 e. The number of nitrogens with one attached hydrogen (secondary N) is 1. The van der Waals surface area contributed by atoms with Gasteiger partial charge in [-0.1, -0.05) is 29.8 Å². The van der Waals surface area contributed by atoms with Gasteiger partial charge in [-0.05, 0) is 29.8 Å². The van der Waals surface area contributed by atoms with Crippen molar-refractivity contribution in [3.8, 4) is 5.75 Å². The van der Waals surface area contributed by atoms with Crippen LogP contribution in [0.3, 0.4) is 0 Å². The van der Waals surface area contributed by atoms with Crippen molar-refractivity contribution < 1.29 is 17.5 Å². The molecule has 2 aromatic carbocycles. The number of hydrogen-bond acceptors (Lipinski definition) is 3. The highest BCUT2D eigenvalue weighted by Gasteiger charge is 2.20. The zero-order valence-electron chi connectivity index (χ0n) is 13.3. The normalized spacial score (nSPS) is 11.7. The van der Waals surface area contributed by atoms with Gasteiger partial charge >= 0.3 is 0 Å². The number of benzene rings is 2. The van der Waals surface area contributed by atoms with Crippen molar-refractivity contribution in [3.63, 3.8) is 0 Å². The number of halogens is 2. The first-order valence-electron chi connectivity index (χ1n) is 7.10. The van der Waals surface area contributed by atoms with Gasteiger partial charge in [-0.3, -0.25) is 0 Å². The Balaban J connectivity index is 2.06. The van der Waals surface area contributed by atoms with Gasteiger partial charge in [-0.15, -0.1) is 0 Å². The molecule has 0 saturated heterocycles. The van der Waals surface area contributed by atoms with Crippen molar-refractivity contribution in [3.05, 3.63) is 64.4 Å². The van der Waals surface area contributed by atoms with E-state index in [1.165, 1.54) is 32.4 Å². The zero-order valence-corrected chi connectivity index (χ0v) is 14.9. The van der Waals surface area contributed by atoms with Crippen molar-refractivity contribution in [1.29, 1.82) is 0 Å². The molecule has 0 aliphatic carbocycles. The molecular weight excluding hydrogens is 355 g/mol. The standard InChI is InChI=1S/C16H18ClFN2O3S/c1-20(11-14-15(17)7-4-8-16(14)18)24(21,22)19-10-12-5-3-6-13(9-12)23-2/h3-9,19H,10-11H2,1-2H3. The van der Waals surface area contributed by atoms with E-state index in [-0.39, 0.29) is 23.7 Å². The number of rotatable bonds is 7. The highest BCUT2D eigenvalue weighted by Crippen LogP contribution is 2.21. The Morgan fingerprint density at radius 2 is 1.96 bits per heavy atom. The van der Waals surface area contributed by atoms with E-state index >= 15 is 0 Å². The highest BCUT2D eigenvalue weighted by molar-refractivity contribution is 7.87. The molecule has 0 aliphatic heterocycles. The lowest BCUT2D eigenvalue weighted by molar-refractivity contribution is 0.414. The van der Waals surface area contributed by atoms with Crippen LogP contribution in [-0.4, -0.2) is 26.9 Å². The van der Waals surface area contributed by atoms with Gasteiger partial charge in [0, 0.05) is 30.7 Å². The second-order valence-electron chi connectivity index (χ2n) is 5.13. The maximum Gasteiger partial charge on any atom is 0.279 e. The number of nitrogens with zero attached hydrogens (tertiary/aromatic N) is 1. The van der Waals surface area contributed by atoms with E-state index in [4.69, 9.17) is 16.3 Å². The van der Waals surface area contributed by atoms with E-state index in [1.54, 1.807) is 24.3 Å². The minimum absolute atomic E-state index is 0.0921. The fourth-order valence-corrected chi connectivity index (χ4v) is 3.15. The summed E-state index contributed by atoms with van der Waals surface area (Å²) in [6.45, 7) is -0.0756. The van der Waals surface area contributed by atoms with E-state index in [0.717, 1.165) is 9.87 Å². The van der Waals surface area contributed by atoms with Gasteiger partial charge in [-0.25, -0.2) is 4.39 Å². The van der Waals surface area contributed by atoms with Crippen LogP contribution in [0.5, 0.6) is 5.75 Å². The summed E-state index contributed by atoms with van der Waals surface area (Å²) in [5.74, 6) is 0.0931. The molecule has 0 saturated carbocycles. The van der Waals surface area contributed by atoms with Gasteiger partial charge in [0.15, 0.2) is 0 Å². The molecular formula is C16H18ClFN2O3S. The molecule has 0 aliphatic rings. The van der Waals surface area contributed by atoms with Gasteiger partial charge in [0.05, 0.1) is 7.11 Å². The molecule has 1 N–H and O–H groups in total. The molecule has 8 heteroatoms. The fraction of sp³-hybridized carbons (Fsp3) is 0.250. The Morgan fingerprint density at radius 1 is 1.25 bits per heavy atom. The second kappa shape index (κ2) is 7.94. The number of methoxy groups -OCH3 is 1. The first-order chi connectivity index (χ1) is 11.3. The molecule has 0 aromatic heterocycles. The second-order valence-corrected chi connectivity index (χ2v) is 7.40. The summed E-state index contributed by atoms with van der Waals surface area (Å²) in [5.41, 5.74) is 0.878. The Kier molecular flexibility index (Phi) is 6.17. The molecule has 0 radical (unpaired) electrons. The average molecular weight is 373 g/mol. The molecule has 5 nitrogen and oxygen atoms in total. The third kappa shape index (κ3) is 4.67. The molecule has 24 heavy (non-hydrogen) atoms. The molecule has 0 fully saturated rings. The van der Waals surface area contributed by atoms with E-state index < -0.39 is 16.0 Å². The highest BCUT2D eigenvalue weighted by atomic mass is 35.5. The molecule has 0 unspecified atom stereocenters. The smallest absolute Gasteiger partial charge is 0.279 e. The SMILES string of the molecule is COc1cccc(CNS(=O)(=O)N(C)Cc2c(F)cccc2Cl)c1. The van der Waals surface area contributed by atoms with Crippen LogP contribution in [0, 0.1) is 5.82 Å². The summed E-state index contributed by atoms with van der Waals surface area (Å²) in [6, 6.07) is 11.3. The molecule has 0 amide bonds. The monoisotopic (exact) mass is 372 g/mol. The quantitative estimate of drug-likeness (QED) is 0.812. The van der Waals surface area contributed by atoms with Crippen molar-refractivity contribution in [2.24, 2.45) is 0 Å². The summed E-state index contributed by atoms with van der Waals surface area (Å²) >= 11 is 5.93. The summed E-state index contributed by atoms with van der Waals surface area (Å²) < 4.78 is 47.0. The summed E-state index contributed by atoms with van der Waals surface area (Å²) in [5, 5.41) is 0.185. The van der Waals surface area contributed by atoms with Crippen molar-refractivity contribution >= 4 is 21.8 Å². The van der Waals surface area contributed by atoms with Crippen LogP contribution < -0.4 is 9.46 Å². The lowest BCUT2D eigenvalue weighted by Crippen LogP contribution is -2.37. The Hall–Kier alpha value is -1.67. The van der Waals surface area contributed by atoms with Gasteiger partial charge in [0.25, 0.3) is 10.2 Å². The van der Waals surface area contributed by atoms with Crippen LogP contribution in [-0.2, 0) is 23.3 Å². The molecule has 0 atom stereocenters. The first-order valence-corrected chi connectivity index (χ1v) is 8.92. The molecule has 130 valence electrons. The third-order valence-electron chi connectivity index (χ3n) is 3.45. The molecule has 0 spiro atoms. The van der Waals surface area contributed by atoms with Gasteiger partial charge < -0.3 is 4.74 Å². The Bertz CT molecular complexity index is 794. The van der Waals surface area contributed by atoms with Gasteiger partial charge in [0.2, 0.25) is 0 Å². The fourth-order valence-electron chi connectivity index (χ4n) is 2.06. The lowest BCUT2D eigenvalue weighted by atomic mass is 10.2. The maximum atomic E-state index is 13.8. The molecule has 2 rings (SSSR count). The van der Waals surface area contributed by atoms with E-state index in [2.05, 4.69) is 4.72 Å². The van der Waals surface area contributed by atoms with Crippen LogP contribution in [0.1, 0.15) is 11.1 Å². The molecule has 2 aromatic rings. The van der Waals surface area contributed by atoms with Crippen LogP contribution in [0.15, 0.2) is 42.5 Å². The van der Waals surface area contributed by atoms with Gasteiger partial charge in [-0.2, -0.15) is 17.4 Å². The predicted molar refractivity (Wildman–Crippen MR) is 91.6 cm³/mol. The van der Waals surface area contributed by atoms with Crippen LogP contribution >= 0.6 is 11.6 Å². The zero-order chi connectivity index (χ0) is 17.7. The number of hydrogen-bond donors (Lipinski definition) is 1. The minimum atomic E-state index is -3.79. The number of ether oxygens (including phenoxy) is 1. The Labute approximate surface area is 146 Å². The molecule has 0 heterocycles. The van der Waals surface area contributed by atoms with E-state index in [9.17, 15) is 12.8 Å². The van der Waals surface area contributed by atoms with E-state index in [1.807, 2.05) is 0 Å². The van der Waals surface area contributed by atoms with Crippen molar-refractivity contribution in [2.45, 2.75) is 13.1 Å². The topological polar surface area (TPSA) is 58.6 Å². The van der Waals surface area contributed by atoms with Gasteiger partial charge in [0.1, 0.15) is 11.6 Å². The summed E-state index contributed by atoms with van der Waals surface area (Å²) in [7, 11) is -0.898. The summed E-state index contributed by atoms with van der Waals surface area (Å²) in [4.78, 5) is 0. The largest absolute Gasteiger partial charge is 0.497 e. The summed E-state index contributed by atoms with van der Waals surface area (Å²) in [6.07, 6.45) is 0. The van der Waals surface area contributed by atoms with Crippen LogP contribution in [0.2, 0.25) is 5.02 Å². The van der Waals surface area contributed by atoms with Crippen LogP contribution in [0.25, 0.3) is 0 Å². The first kappa shape index (κ1) is 18.7.